The van der Waals surface area contributed by atoms with Gasteiger partial charge in [-0.1, -0.05) is 12.1 Å². The maximum atomic E-state index is 12.3. The van der Waals surface area contributed by atoms with Crippen molar-refractivity contribution in [2.24, 2.45) is 0 Å². The fourth-order valence-corrected chi connectivity index (χ4v) is 4.03. The van der Waals surface area contributed by atoms with Crippen molar-refractivity contribution in [2.45, 2.75) is 32.6 Å². The maximum Gasteiger partial charge on any atom is 0.339 e. The molecule has 0 saturated heterocycles. The molecule has 0 spiro atoms. The summed E-state index contributed by atoms with van der Waals surface area (Å²) < 4.78 is 10.7. The zero-order chi connectivity index (χ0) is 17.6. The number of fused-ring (bicyclic) bond motifs is 1. The summed E-state index contributed by atoms with van der Waals surface area (Å²) in [7, 11) is 0. The SMILES string of the molecule is CCOc1ccccc1NC(=O)COC(=O)c1csc2c1CCCC2. The van der Waals surface area contributed by atoms with E-state index in [1.807, 2.05) is 24.4 Å². The van der Waals surface area contributed by atoms with Crippen LogP contribution in [0, 0.1) is 0 Å². The van der Waals surface area contributed by atoms with Crippen LogP contribution in [0.2, 0.25) is 0 Å². The number of esters is 1. The minimum Gasteiger partial charge on any atom is -0.492 e. The minimum absolute atomic E-state index is 0.316. The van der Waals surface area contributed by atoms with Crippen LogP contribution in [0.5, 0.6) is 5.75 Å². The van der Waals surface area contributed by atoms with Gasteiger partial charge in [-0.2, -0.15) is 0 Å². The molecule has 5 nitrogen and oxygen atoms in total. The maximum absolute atomic E-state index is 12.3. The third-order valence-electron chi connectivity index (χ3n) is 4.08. The number of hydrogen-bond donors (Lipinski definition) is 1. The Bertz CT molecular complexity index is 769. The molecule has 0 bridgehead atoms. The van der Waals surface area contributed by atoms with Gasteiger partial charge in [-0.25, -0.2) is 4.79 Å². The number of rotatable bonds is 6. The molecule has 1 aromatic carbocycles. The van der Waals surface area contributed by atoms with Gasteiger partial charge in [0.25, 0.3) is 5.91 Å². The van der Waals surface area contributed by atoms with Crippen molar-refractivity contribution < 1.29 is 19.1 Å². The molecule has 25 heavy (non-hydrogen) atoms. The number of anilines is 1. The first kappa shape index (κ1) is 17.5. The smallest absolute Gasteiger partial charge is 0.339 e. The number of aryl methyl sites for hydroxylation is 1. The van der Waals surface area contributed by atoms with E-state index in [0.717, 1.165) is 24.8 Å². The molecule has 0 radical (unpaired) electrons. The summed E-state index contributed by atoms with van der Waals surface area (Å²) in [6, 6.07) is 7.17. The highest BCUT2D eigenvalue weighted by Crippen LogP contribution is 2.30. The highest BCUT2D eigenvalue weighted by Gasteiger charge is 2.21. The highest BCUT2D eigenvalue weighted by molar-refractivity contribution is 7.10. The van der Waals surface area contributed by atoms with Gasteiger partial charge >= 0.3 is 5.97 Å². The number of para-hydroxylation sites is 2. The average molecular weight is 359 g/mol. The summed E-state index contributed by atoms with van der Waals surface area (Å²) >= 11 is 1.61. The number of benzene rings is 1. The fraction of sp³-hybridized carbons (Fsp3) is 0.368. The van der Waals surface area contributed by atoms with Crippen molar-refractivity contribution in [2.75, 3.05) is 18.5 Å². The Morgan fingerprint density at radius 1 is 1.20 bits per heavy atom. The summed E-state index contributed by atoms with van der Waals surface area (Å²) in [4.78, 5) is 25.6. The van der Waals surface area contributed by atoms with Crippen LogP contribution in [0.1, 0.15) is 40.6 Å². The first-order chi connectivity index (χ1) is 12.2. The van der Waals surface area contributed by atoms with Crippen LogP contribution in [-0.2, 0) is 22.4 Å². The lowest BCUT2D eigenvalue weighted by molar-refractivity contribution is -0.119. The average Bonchev–Trinajstić information content (AvgIpc) is 3.06. The third kappa shape index (κ3) is 4.20. The van der Waals surface area contributed by atoms with Crippen molar-refractivity contribution >= 4 is 28.9 Å². The van der Waals surface area contributed by atoms with Crippen LogP contribution in [0.4, 0.5) is 5.69 Å². The Morgan fingerprint density at radius 3 is 2.84 bits per heavy atom. The molecule has 1 aliphatic rings. The van der Waals surface area contributed by atoms with E-state index in [-0.39, 0.29) is 12.5 Å². The molecule has 0 aliphatic heterocycles. The topological polar surface area (TPSA) is 64.6 Å². The molecule has 1 aliphatic carbocycles. The van der Waals surface area contributed by atoms with E-state index in [4.69, 9.17) is 9.47 Å². The summed E-state index contributed by atoms with van der Waals surface area (Å²) in [5.74, 6) is -0.214. The van der Waals surface area contributed by atoms with Gasteiger partial charge in [-0.05, 0) is 50.3 Å². The number of carbonyl (C=O) groups excluding carboxylic acids is 2. The third-order valence-corrected chi connectivity index (χ3v) is 5.17. The predicted octanol–water partition coefficient (Wildman–Crippen LogP) is 3.82. The summed E-state index contributed by atoms with van der Waals surface area (Å²) in [6.45, 7) is 2.07. The quantitative estimate of drug-likeness (QED) is 0.797. The van der Waals surface area contributed by atoms with Crippen molar-refractivity contribution in [1.82, 2.24) is 0 Å². The van der Waals surface area contributed by atoms with Gasteiger partial charge in [0.1, 0.15) is 5.75 Å². The van der Waals surface area contributed by atoms with E-state index in [2.05, 4.69) is 5.32 Å². The summed E-state index contributed by atoms with van der Waals surface area (Å²) in [6.07, 6.45) is 4.21. The number of hydrogen-bond acceptors (Lipinski definition) is 5. The normalized spacial score (nSPS) is 13.0. The molecular weight excluding hydrogens is 338 g/mol. The highest BCUT2D eigenvalue weighted by atomic mass is 32.1. The standard InChI is InChI=1S/C19H21NO4S/c1-2-23-16-9-5-4-8-15(16)20-18(21)11-24-19(22)14-12-25-17-10-6-3-7-13(14)17/h4-5,8-9,12H,2-3,6-7,10-11H2,1H3,(H,20,21). The minimum atomic E-state index is -0.423. The summed E-state index contributed by atoms with van der Waals surface area (Å²) in [5.41, 5.74) is 2.28. The van der Waals surface area contributed by atoms with Gasteiger partial charge in [-0.3, -0.25) is 4.79 Å². The largest absolute Gasteiger partial charge is 0.492 e. The van der Waals surface area contributed by atoms with Crippen molar-refractivity contribution in [3.05, 3.63) is 45.6 Å². The molecule has 132 valence electrons. The van der Waals surface area contributed by atoms with E-state index in [9.17, 15) is 9.59 Å². The lowest BCUT2D eigenvalue weighted by atomic mass is 9.96. The Morgan fingerprint density at radius 2 is 2.00 bits per heavy atom. The fourth-order valence-electron chi connectivity index (χ4n) is 2.91. The molecule has 6 heteroatoms. The van der Waals surface area contributed by atoms with Crippen LogP contribution >= 0.6 is 11.3 Å². The second-order valence-corrected chi connectivity index (χ2v) is 6.78. The van der Waals surface area contributed by atoms with Gasteiger partial charge in [0.05, 0.1) is 17.9 Å². The molecule has 2 aromatic rings. The molecule has 0 saturated carbocycles. The Kier molecular flexibility index (Phi) is 5.71. The van der Waals surface area contributed by atoms with E-state index in [1.165, 1.54) is 11.3 Å². The molecule has 1 heterocycles. The van der Waals surface area contributed by atoms with Crippen molar-refractivity contribution in [1.29, 1.82) is 0 Å². The number of amides is 1. The molecule has 1 amide bonds. The molecule has 0 atom stereocenters. The zero-order valence-corrected chi connectivity index (χ0v) is 15.0. The second-order valence-electron chi connectivity index (χ2n) is 5.81. The van der Waals surface area contributed by atoms with Crippen LogP contribution in [0.25, 0.3) is 0 Å². The number of nitrogens with one attached hydrogen (secondary N) is 1. The van der Waals surface area contributed by atoms with Crippen LogP contribution in [-0.4, -0.2) is 25.1 Å². The molecular formula is C19H21NO4S. The number of thiophene rings is 1. The van der Waals surface area contributed by atoms with E-state index in [1.54, 1.807) is 23.5 Å². The first-order valence-corrected chi connectivity index (χ1v) is 9.35. The van der Waals surface area contributed by atoms with E-state index < -0.39 is 5.97 Å². The van der Waals surface area contributed by atoms with Crippen molar-refractivity contribution in [3.63, 3.8) is 0 Å². The molecule has 1 N–H and O–H groups in total. The van der Waals surface area contributed by atoms with E-state index in [0.29, 0.717) is 23.6 Å². The van der Waals surface area contributed by atoms with Gasteiger partial charge in [-0.15, -0.1) is 11.3 Å². The van der Waals surface area contributed by atoms with E-state index >= 15 is 0 Å². The van der Waals surface area contributed by atoms with Crippen LogP contribution in [0.3, 0.4) is 0 Å². The van der Waals surface area contributed by atoms with Gasteiger partial charge in [0.2, 0.25) is 0 Å². The monoisotopic (exact) mass is 359 g/mol. The van der Waals surface area contributed by atoms with Gasteiger partial charge in [0, 0.05) is 10.3 Å². The predicted molar refractivity (Wildman–Crippen MR) is 97.5 cm³/mol. The van der Waals surface area contributed by atoms with Crippen LogP contribution < -0.4 is 10.1 Å². The molecule has 3 rings (SSSR count). The number of ether oxygens (including phenoxy) is 2. The lowest BCUT2D eigenvalue weighted by Crippen LogP contribution is -2.21. The Balaban J connectivity index is 1.57. The Labute approximate surface area is 151 Å². The summed E-state index contributed by atoms with van der Waals surface area (Å²) in [5, 5.41) is 4.57. The second kappa shape index (κ2) is 8.16. The molecule has 0 fully saturated rings. The number of carbonyl (C=O) groups is 2. The van der Waals surface area contributed by atoms with Gasteiger partial charge in [0.15, 0.2) is 6.61 Å². The Hall–Kier alpha value is -2.34. The van der Waals surface area contributed by atoms with Crippen molar-refractivity contribution in [3.8, 4) is 5.75 Å². The molecule has 0 unspecified atom stereocenters. The zero-order valence-electron chi connectivity index (χ0n) is 14.2. The molecule has 1 aromatic heterocycles. The first-order valence-electron chi connectivity index (χ1n) is 8.47. The van der Waals surface area contributed by atoms with Gasteiger partial charge < -0.3 is 14.8 Å². The lowest BCUT2D eigenvalue weighted by Gasteiger charge is -2.13. The van der Waals surface area contributed by atoms with Crippen LogP contribution in [0.15, 0.2) is 29.6 Å².